The minimum absolute atomic E-state index is 0. The van der Waals surface area contributed by atoms with E-state index in [1.807, 2.05) is 35.7 Å². The Morgan fingerprint density at radius 2 is 2.00 bits per heavy atom. The molecule has 2 heterocycles. The van der Waals surface area contributed by atoms with Gasteiger partial charge in [-0.3, -0.25) is 0 Å². The Kier molecular flexibility index (Phi) is 4.40. The van der Waals surface area contributed by atoms with Gasteiger partial charge in [0.15, 0.2) is 0 Å². The zero-order valence-corrected chi connectivity index (χ0v) is 11.2. The second kappa shape index (κ2) is 5.40. The summed E-state index contributed by atoms with van der Waals surface area (Å²) in [7, 11) is 0. The van der Waals surface area contributed by atoms with E-state index in [9.17, 15) is 0 Å². The summed E-state index contributed by atoms with van der Waals surface area (Å²) < 4.78 is 0. The molecule has 0 aliphatic rings. The van der Waals surface area contributed by atoms with Crippen molar-refractivity contribution in [3.05, 3.63) is 35.7 Å². The van der Waals surface area contributed by atoms with Crippen LogP contribution in [0.3, 0.4) is 0 Å². The molecule has 3 rings (SSSR count). The van der Waals surface area contributed by atoms with Crippen LogP contribution in [0.15, 0.2) is 35.7 Å². The number of nitrogens with one attached hydrogen (secondary N) is 1. The van der Waals surface area contributed by atoms with Gasteiger partial charge >= 0.3 is 0 Å². The molecule has 0 aliphatic carbocycles. The molecule has 3 N–H and O–H groups in total. The Hall–Kier alpha value is -1.23. The number of hydrogen-bond donors (Lipinski definition) is 2. The highest BCUT2D eigenvalue weighted by molar-refractivity contribution is 7.13. The number of nitrogens with zero attached hydrogens (tertiary/aromatic N) is 1. The quantitative estimate of drug-likeness (QED) is 0.670. The third-order valence-electron chi connectivity index (χ3n) is 2.26. The summed E-state index contributed by atoms with van der Waals surface area (Å²) in [5.41, 5.74) is 8.40. The van der Waals surface area contributed by atoms with Gasteiger partial charge in [-0.1, -0.05) is 6.07 Å². The van der Waals surface area contributed by atoms with Crippen LogP contribution in [0.25, 0.3) is 21.7 Å². The van der Waals surface area contributed by atoms with Gasteiger partial charge in [0.1, 0.15) is 5.82 Å². The van der Waals surface area contributed by atoms with Crippen LogP contribution in [0.1, 0.15) is 0 Å². The van der Waals surface area contributed by atoms with Crippen LogP contribution in [-0.4, -0.2) is 9.97 Å². The van der Waals surface area contributed by atoms with E-state index in [-0.39, 0.29) is 24.8 Å². The SMILES string of the molecule is Cl.Cl.Nc1ccc2nc(-c3cccs3)[nH]c2c1. The molecule has 3 aromatic rings. The van der Waals surface area contributed by atoms with Crippen LogP contribution in [0.5, 0.6) is 0 Å². The topological polar surface area (TPSA) is 54.7 Å². The first-order chi connectivity index (χ1) is 7.33. The van der Waals surface area contributed by atoms with Crippen molar-refractivity contribution in [2.75, 3.05) is 5.73 Å². The fourth-order valence-electron chi connectivity index (χ4n) is 1.56. The smallest absolute Gasteiger partial charge is 0.148 e. The summed E-state index contributed by atoms with van der Waals surface area (Å²) in [5, 5.41) is 2.04. The predicted octanol–water partition coefficient (Wildman–Crippen LogP) is 3.72. The zero-order valence-electron chi connectivity index (χ0n) is 8.71. The molecule has 17 heavy (non-hydrogen) atoms. The van der Waals surface area contributed by atoms with Gasteiger partial charge in [-0.25, -0.2) is 4.98 Å². The van der Waals surface area contributed by atoms with Gasteiger partial charge in [0.25, 0.3) is 0 Å². The predicted molar refractivity (Wildman–Crippen MR) is 78.3 cm³/mol. The number of imidazole rings is 1. The average molecular weight is 288 g/mol. The highest BCUT2D eigenvalue weighted by Crippen LogP contribution is 2.25. The van der Waals surface area contributed by atoms with Crippen molar-refractivity contribution in [1.82, 2.24) is 9.97 Å². The molecule has 0 aliphatic heterocycles. The van der Waals surface area contributed by atoms with Crippen molar-refractivity contribution in [3.63, 3.8) is 0 Å². The minimum atomic E-state index is 0. The summed E-state index contributed by atoms with van der Waals surface area (Å²) in [5.74, 6) is 0.908. The Bertz CT molecular complexity index is 604. The molecule has 0 fully saturated rings. The Labute approximate surface area is 115 Å². The number of thiophene rings is 1. The van der Waals surface area contributed by atoms with Gasteiger partial charge < -0.3 is 10.7 Å². The zero-order chi connectivity index (χ0) is 10.3. The fourth-order valence-corrected chi connectivity index (χ4v) is 2.23. The lowest BCUT2D eigenvalue weighted by Gasteiger charge is -1.89. The number of aromatic amines is 1. The molecule has 0 saturated heterocycles. The van der Waals surface area contributed by atoms with Crippen molar-refractivity contribution in [2.45, 2.75) is 0 Å². The number of rotatable bonds is 1. The molecule has 90 valence electrons. The molecular formula is C11H11Cl2N3S. The van der Waals surface area contributed by atoms with E-state index in [0.717, 1.165) is 27.4 Å². The summed E-state index contributed by atoms with van der Waals surface area (Å²) >= 11 is 1.67. The van der Waals surface area contributed by atoms with Gasteiger partial charge in [0, 0.05) is 5.69 Å². The lowest BCUT2D eigenvalue weighted by atomic mass is 10.3. The minimum Gasteiger partial charge on any atom is -0.399 e. The van der Waals surface area contributed by atoms with Crippen LogP contribution >= 0.6 is 36.2 Å². The van der Waals surface area contributed by atoms with Crippen LogP contribution in [-0.2, 0) is 0 Å². The van der Waals surface area contributed by atoms with Crippen molar-refractivity contribution >= 4 is 52.9 Å². The molecule has 0 unspecified atom stereocenters. The molecule has 0 radical (unpaired) electrons. The summed E-state index contributed by atoms with van der Waals surface area (Å²) in [6.07, 6.45) is 0. The Balaban J connectivity index is 0.000000722. The highest BCUT2D eigenvalue weighted by atomic mass is 35.5. The van der Waals surface area contributed by atoms with Gasteiger partial charge in [-0.15, -0.1) is 36.2 Å². The van der Waals surface area contributed by atoms with Gasteiger partial charge in [-0.05, 0) is 29.6 Å². The van der Waals surface area contributed by atoms with E-state index < -0.39 is 0 Å². The molecule has 0 bridgehead atoms. The van der Waals surface area contributed by atoms with Crippen molar-refractivity contribution in [3.8, 4) is 10.7 Å². The summed E-state index contributed by atoms with van der Waals surface area (Å²) in [4.78, 5) is 8.90. The second-order valence-electron chi connectivity index (χ2n) is 3.34. The van der Waals surface area contributed by atoms with E-state index in [0.29, 0.717) is 0 Å². The average Bonchev–Trinajstić information content (AvgIpc) is 2.84. The molecule has 2 aromatic heterocycles. The number of nitrogens with two attached hydrogens (primary N) is 1. The number of benzene rings is 1. The first-order valence-corrected chi connectivity index (χ1v) is 5.50. The van der Waals surface area contributed by atoms with Crippen LogP contribution < -0.4 is 5.73 Å². The molecule has 6 heteroatoms. The fraction of sp³-hybridized carbons (Fsp3) is 0. The van der Waals surface area contributed by atoms with Crippen LogP contribution in [0, 0.1) is 0 Å². The largest absolute Gasteiger partial charge is 0.399 e. The van der Waals surface area contributed by atoms with Crippen molar-refractivity contribution in [2.24, 2.45) is 0 Å². The third-order valence-corrected chi connectivity index (χ3v) is 3.14. The maximum Gasteiger partial charge on any atom is 0.148 e. The number of H-pyrrole nitrogens is 1. The van der Waals surface area contributed by atoms with Crippen molar-refractivity contribution in [1.29, 1.82) is 0 Å². The molecule has 1 aromatic carbocycles. The van der Waals surface area contributed by atoms with E-state index in [2.05, 4.69) is 9.97 Å². The standard InChI is InChI=1S/C11H9N3S.2ClH/c12-7-3-4-8-9(6-7)14-11(13-8)10-2-1-5-15-10;;/h1-6H,12H2,(H,13,14);2*1H. The molecule has 0 amide bonds. The lowest BCUT2D eigenvalue weighted by Crippen LogP contribution is -1.82. The first kappa shape index (κ1) is 13.8. The second-order valence-corrected chi connectivity index (χ2v) is 4.29. The number of aromatic nitrogens is 2. The van der Waals surface area contributed by atoms with Crippen LogP contribution in [0.4, 0.5) is 5.69 Å². The van der Waals surface area contributed by atoms with Gasteiger partial charge in [0.2, 0.25) is 0 Å². The number of halogens is 2. The van der Waals surface area contributed by atoms with Gasteiger partial charge in [0.05, 0.1) is 15.9 Å². The van der Waals surface area contributed by atoms with E-state index in [4.69, 9.17) is 5.73 Å². The van der Waals surface area contributed by atoms with Crippen LogP contribution in [0.2, 0.25) is 0 Å². The number of hydrogen-bond acceptors (Lipinski definition) is 3. The molecular weight excluding hydrogens is 277 g/mol. The normalized spacial score (nSPS) is 9.65. The number of nitrogen functional groups attached to an aromatic ring is 1. The number of fused-ring (bicyclic) bond motifs is 1. The van der Waals surface area contributed by atoms with Gasteiger partial charge in [-0.2, -0.15) is 0 Å². The van der Waals surface area contributed by atoms with E-state index >= 15 is 0 Å². The molecule has 0 spiro atoms. The first-order valence-electron chi connectivity index (χ1n) is 4.62. The summed E-state index contributed by atoms with van der Waals surface area (Å²) in [6, 6.07) is 9.76. The molecule has 3 nitrogen and oxygen atoms in total. The molecule has 0 saturated carbocycles. The maximum atomic E-state index is 5.71. The third kappa shape index (κ3) is 2.54. The Morgan fingerprint density at radius 1 is 1.18 bits per heavy atom. The lowest BCUT2D eigenvalue weighted by molar-refractivity contribution is 1.36. The van der Waals surface area contributed by atoms with E-state index in [1.165, 1.54) is 0 Å². The maximum absolute atomic E-state index is 5.71. The Morgan fingerprint density at radius 3 is 2.71 bits per heavy atom. The molecule has 0 atom stereocenters. The monoisotopic (exact) mass is 287 g/mol. The van der Waals surface area contributed by atoms with E-state index in [1.54, 1.807) is 11.3 Å². The highest BCUT2D eigenvalue weighted by Gasteiger charge is 2.05. The van der Waals surface area contributed by atoms with Crippen molar-refractivity contribution < 1.29 is 0 Å². The number of anilines is 1. The summed E-state index contributed by atoms with van der Waals surface area (Å²) in [6.45, 7) is 0.